The zero-order valence-corrected chi connectivity index (χ0v) is 17.0. The van der Waals surface area contributed by atoms with Gasteiger partial charge in [0.1, 0.15) is 0 Å². The molecule has 0 fully saturated rings. The topological polar surface area (TPSA) is 137 Å². The van der Waals surface area contributed by atoms with E-state index < -0.39 is 22.0 Å². The van der Waals surface area contributed by atoms with Crippen molar-refractivity contribution in [3.05, 3.63) is 41.5 Å². The van der Waals surface area contributed by atoms with Crippen molar-refractivity contribution in [2.24, 2.45) is 0 Å². The number of methoxy groups -OCH3 is 3. The molecule has 2 aromatic rings. The van der Waals surface area contributed by atoms with E-state index in [-0.39, 0.29) is 53.8 Å². The fraction of sp³-hybridized carbons (Fsp3) is 0.294. The Bertz CT molecular complexity index is 977. The fourth-order valence-corrected chi connectivity index (χ4v) is 2.93. The first-order valence-electron chi connectivity index (χ1n) is 8.11. The molecule has 1 heterocycles. The Labute approximate surface area is 196 Å². The first-order valence-corrected chi connectivity index (χ1v) is 9.95. The van der Waals surface area contributed by atoms with Gasteiger partial charge in [-0.2, -0.15) is 9.97 Å². The van der Waals surface area contributed by atoms with E-state index in [1.165, 1.54) is 51.7 Å². The quantitative estimate of drug-likeness (QED) is 0.477. The summed E-state index contributed by atoms with van der Waals surface area (Å²) in [6.07, 6.45) is 0.891. The molecule has 2 rings (SSSR count). The minimum absolute atomic E-state index is 0. The number of benzene rings is 1. The van der Waals surface area contributed by atoms with E-state index in [0.717, 1.165) is 6.26 Å². The third-order valence-electron chi connectivity index (χ3n) is 3.64. The molecule has 13 heteroatoms. The van der Waals surface area contributed by atoms with Crippen LogP contribution in [0.5, 0.6) is 11.8 Å². The van der Waals surface area contributed by atoms with Crippen molar-refractivity contribution < 1.29 is 32.2 Å². The van der Waals surface area contributed by atoms with E-state index in [1.807, 2.05) is 0 Å². The van der Waals surface area contributed by atoms with Gasteiger partial charge in [0, 0.05) is 0 Å². The number of rotatable bonds is 7. The number of aromatic nitrogens is 2. The van der Waals surface area contributed by atoms with Crippen LogP contribution in [0.15, 0.2) is 30.3 Å². The predicted octanol–water partition coefficient (Wildman–Crippen LogP) is 0.626. The number of anilines is 1. The molecule has 0 saturated heterocycles. The molecule has 0 radical (unpaired) electrons. The average Bonchev–Trinajstić information content (AvgIpc) is 2.70. The van der Waals surface area contributed by atoms with E-state index in [2.05, 4.69) is 20.0 Å². The zero-order chi connectivity index (χ0) is 21.6. The first kappa shape index (κ1) is 25.6. The monoisotopic (exact) mass is 448 g/mol. The molecule has 2 amide bonds. The van der Waals surface area contributed by atoms with Crippen molar-refractivity contribution >= 4 is 57.5 Å². The molecule has 0 atom stereocenters. The standard InChI is InChI=1S/C17H20N4O7S.Na.H/c1-26-13-9-14(27-2)19-16(18-13)20-17(23)21(29(4,24)25)10-11-5-7-12(8-6-11)15(22)28-3;;/h5-9H,10H2,1-4H3,(H,18,19,20,23);;. The van der Waals surface area contributed by atoms with Gasteiger partial charge in [0.05, 0.1) is 45.8 Å². The van der Waals surface area contributed by atoms with Crippen LogP contribution < -0.4 is 14.8 Å². The Balaban J connectivity index is 0.00000450. The molecule has 1 aromatic carbocycles. The van der Waals surface area contributed by atoms with Crippen molar-refractivity contribution in [3.63, 3.8) is 0 Å². The number of amides is 2. The number of carbonyl (C=O) groups is 2. The van der Waals surface area contributed by atoms with Crippen molar-refractivity contribution in [2.75, 3.05) is 32.9 Å². The maximum absolute atomic E-state index is 12.6. The van der Waals surface area contributed by atoms with E-state index in [4.69, 9.17) is 9.47 Å². The Morgan fingerprint density at radius 1 is 1.03 bits per heavy atom. The van der Waals surface area contributed by atoms with Gasteiger partial charge >= 0.3 is 41.6 Å². The van der Waals surface area contributed by atoms with Crippen LogP contribution in [0.4, 0.5) is 10.7 Å². The molecular weight excluding hydrogens is 427 g/mol. The first-order chi connectivity index (χ1) is 13.7. The molecule has 11 nitrogen and oxygen atoms in total. The van der Waals surface area contributed by atoms with Crippen molar-refractivity contribution in [1.82, 2.24) is 14.3 Å². The summed E-state index contributed by atoms with van der Waals surface area (Å²) in [5.74, 6) is -0.479. The van der Waals surface area contributed by atoms with Crippen LogP contribution in [0.25, 0.3) is 0 Å². The van der Waals surface area contributed by atoms with E-state index >= 15 is 0 Å². The normalized spacial score (nSPS) is 10.4. The van der Waals surface area contributed by atoms with Crippen LogP contribution in [0.3, 0.4) is 0 Å². The number of ether oxygens (including phenoxy) is 3. The second kappa shape index (κ2) is 11.1. The van der Waals surface area contributed by atoms with Gasteiger partial charge in [-0.25, -0.2) is 22.3 Å². The molecule has 1 aromatic heterocycles. The summed E-state index contributed by atoms with van der Waals surface area (Å²) < 4.78 is 39.5. The van der Waals surface area contributed by atoms with Gasteiger partial charge in [0.25, 0.3) is 0 Å². The molecular formula is C17H21N4NaO7S. The number of sulfonamides is 1. The van der Waals surface area contributed by atoms with Crippen LogP contribution >= 0.6 is 0 Å². The van der Waals surface area contributed by atoms with Gasteiger partial charge in [-0.3, -0.25) is 5.32 Å². The summed E-state index contributed by atoms with van der Waals surface area (Å²) >= 11 is 0. The Kier molecular flexibility index (Phi) is 9.49. The zero-order valence-electron chi connectivity index (χ0n) is 16.2. The Hall–Kier alpha value is -2.41. The molecule has 0 spiro atoms. The second-order valence-electron chi connectivity index (χ2n) is 5.66. The number of hydrogen-bond acceptors (Lipinski definition) is 9. The number of carbonyl (C=O) groups excluding carboxylic acids is 2. The summed E-state index contributed by atoms with van der Waals surface area (Å²) in [4.78, 5) is 31.9. The number of nitrogens with zero attached hydrogens (tertiary/aromatic N) is 3. The van der Waals surface area contributed by atoms with Gasteiger partial charge in [-0.15, -0.1) is 0 Å². The number of esters is 1. The molecule has 0 aliphatic heterocycles. The van der Waals surface area contributed by atoms with Crippen LogP contribution in [0, 0.1) is 0 Å². The summed E-state index contributed by atoms with van der Waals surface area (Å²) in [6.45, 7) is -0.271. The van der Waals surface area contributed by atoms with E-state index in [0.29, 0.717) is 15.4 Å². The van der Waals surface area contributed by atoms with Crippen LogP contribution in [0.1, 0.15) is 15.9 Å². The average molecular weight is 448 g/mol. The third kappa shape index (κ3) is 6.83. The molecule has 0 bridgehead atoms. The molecule has 30 heavy (non-hydrogen) atoms. The minimum atomic E-state index is -3.93. The van der Waals surface area contributed by atoms with Gasteiger partial charge in [0.2, 0.25) is 27.7 Å². The van der Waals surface area contributed by atoms with Gasteiger partial charge in [-0.1, -0.05) is 12.1 Å². The predicted molar refractivity (Wildman–Crippen MR) is 109 cm³/mol. The van der Waals surface area contributed by atoms with Crippen molar-refractivity contribution in [3.8, 4) is 11.8 Å². The summed E-state index contributed by atoms with van der Waals surface area (Å²) in [7, 11) is 0.0567. The van der Waals surface area contributed by atoms with Crippen molar-refractivity contribution in [2.45, 2.75) is 6.54 Å². The van der Waals surface area contributed by atoms with Gasteiger partial charge in [-0.05, 0) is 17.7 Å². The third-order valence-corrected chi connectivity index (χ3v) is 4.74. The molecule has 0 saturated carbocycles. The SMILES string of the molecule is COC(=O)c1ccc(CN(C(=O)Nc2nc(OC)cc(OC)n2)S(C)(=O)=O)cc1.[NaH]. The molecule has 0 aliphatic rings. The molecule has 1 N–H and O–H groups in total. The summed E-state index contributed by atoms with van der Waals surface area (Å²) in [5, 5.41) is 2.31. The summed E-state index contributed by atoms with van der Waals surface area (Å²) in [6, 6.07) is 6.39. The molecule has 0 aliphatic carbocycles. The number of urea groups is 1. The number of nitrogens with one attached hydrogen (secondary N) is 1. The van der Waals surface area contributed by atoms with Crippen molar-refractivity contribution in [1.29, 1.82) is 0 Å². The van der Waals surface area contributed by atoms with Crippen LogP contribution in [-0.2, 0) is 21.3 Å². The van der Waals surface area contributed by atoms with Crippen LogP contribution in [0.2, 0.25) is 0 Å². The Morgan fingerprint density at radius 2 is 1.57 bits per heavy atom. The van der Waals surface area contributed by atoms with Gasteiger partial charge in [0.15, 0.2) is 0 Å². The number of hydrogen-bond donors (Lipinski definition) is 1. The fourth-order valence-electron chi connectivity index (χ4n) is 2.20. The Morgan fingerprint density at radius 3 is 2.00 bits per heavy atom. The summed E-state index contributed by atoms with van der Waals surface area (Å²) in [5.41, 5.74) is 0.769. The van der Waals surface area contributed by atoms with E-state index in [1.54, 1.807) is 0 Å². The maximum atomic E-state index is 12.6. The van der Waals surface area contributed by atoms with E-state index in [9.17, 15) is 18.0 Å². The second-order valence-corrected chi connectivity index (χ2v) is 7.57. The van der Waals surface area contributed by atoms with Crippen LogP contribution in [-0.4, -0.2) is 91.8 Å². The van der Waals surface area contributed by atoms with Gasteiger partial charge < -0.3 is 14.2 Å². The molecule has 158 valence electrons. The molecule has 0 unspecified atom stereocenters.